The van der Waals surface area contributed by atoms with Gasteiger partial charge in [0.1, 0.15) is 18.0 Å². The number of amides is 2. The normalized spacial score (nSPS) is 24.2. The third-order valence-corrected chi connectivity index (χ3v) is 8.32. The van der Waals surface area contributed by atoms with Crippen molar-refractivity contribution in [1.82, 2.24) is 10.2 Å². The second kappa shape index (κ2) is 11.9. The molecule has 2 aromatic rings. The number of rotatable bonds is 9. The van der Waals surface area contributed by atoms with Gasteiger partial charge in [-0.1, -0.05) is 67.6 Å². The number of fused-ring (bicyclic) bond motifs is 3. The van der Waals surface area contributed by atoms with Crippen LogP contribution in [0.2, 0.25) is 5.02 Å². The molecular weight excluding hydrogens is 504 g/mol. The van der Waals surface area contributed by atoms with Gasteiger partial charge in [0.15, 0.2) is 0 Å². The third-order valence-electron chi connectivity index (χ3n) is 8.06. The van der Waals surface area contributed by atoms with Crippen LogP contribution in [-0.2, 0) is 16.1 Å². The number of para-hydroxylation sites is 1. The van der Waals surface area contributed by atoms with Crippen LogP contribution in [0.25, 0.3) is 0 Å². The monoisotopic (exact) mass is 538 g/mol. The number of carbonyl (C=O) groups excluding carboxylic acids is 2. The zero-order chi connectivity index (χ0) is 26.6. The van der Waals surface area contributed by atoms with Gasteiger partial charge in [-0.05, 0) is 42.2 Å². The maximum Gasteiger partial charge on any atom is 0.247 e. The second-order valence-electron chi connectivity index (χ2n) is 10.5. The van der Waals surface area contributed by atoms with Gasteiger partial charge in [-0.3, -0.25) is 9.59 Å². The smallest absolute Gasteiger partial charge is 0.247 e. The Labute approximate surface area is 228 Å². The summed E-state index contributed by atoms with van der Waals surface area (Å²) >= 11 is 6.10. The van der Waals surface area contributed by atoms with Crippen molar-refractivity contribution >= 4 is 23.4 Å². The Kier molecular flexibility index (Phi) is 8.36. The average Bonchev–Trinajstić information content (AvgIpc) is 3.59. The zero-order valence-electron chi connectivity index (χ0n) is 21.4. The quantitative estimate of drug-likeness (QED) is 0.449. The molecule has 5 rings (SSSR count). The van der Waals surface area contributed by atoms with E-state index >= 15 is 0 Å². The molecule has 8 heteroatoms. The maximum absolute atomic E-state index is 13.8. The fourth-order valence-electron chi connectivity index (χ4n) is 6.11. The highest BCUT2D eigenvalue weighted by Crippen LogP contribution is 2.47. The molecule has 0 bridgehead atoms. The minimum absolute atomic E-state index is 0.0590. The molecule has 1 heterocycles. The molecule has 1 aliphatic heterocycles. The van der Waals surface area contributed by atoms with Crippen LogP contribution in [0.3, 0.4) is 0 Å². The Morgan fingerprint density at radius 3 is 2.55 bits per heavy atom. The topological polar surface area (TPSA) is 99.1 Å². The van der Waals surface area contributed by atoms with E-state index in [1.54, 1.807) is 23.1 Å². The highest BCUT2D eigenvalue weighted by atomic mass is 35.5. The first-order valence-corrected chi connectivity index (χ1v) is 13.9. The van der Waals surface area contributed by atoms with E-state index in [0.29, 0.717) is 28.7 Å². The molecule has 3 aliphatic rings. The van der Waals surface area contributed by atoms with E-state index in [1.807, 2.05) is 36.4 Å². The number of nitrogens with zero attached hydrogens (tertiary/aromatic N) is 1. The summed E-state index contributed by atoms with van der Waals surface area (Å²) in [5, 5.41) is 24.3. The van der Waals surface area contributed by atoms with Crippen LogP contribution in [0.5, 0.6) is 5.75 Å². The lowest BCUT2D eigenvalue weighted by molar-refractivity contribution is -0.138. The van der Waals surface area contributed by atoms with Crippen LogP contribution < -0.4 is 10.1 Å². The van der Waals surface area contributed by atoms with Gasteiger partial charge in [0.2, 0.25) is 11.8 Å². The summed E-state index contributed by atoms with van der Waals surface area (Å²) in [7, 11) is 0. The van der Waals surface area contributed by atoms with Crippen molar-refractivity contribution in [2.45, 2.75) is 69.2 Å². The van der Waals surface area contributed by atoms with Crippen LogP contribution in [-0.4, -0.2) is 58.3 Å². The van der Waals surface area contributed by atoms with Crippen LogP contribution in [0.1, 0.15) is 55.6 Å². The number of hydrogen-bond acceptors (Lipinski definition) is 5. The molecule has 0 saturated heterocycles. The highest BCUT2D eigenvalue weighted by Gasteiger charge is 2.50. The van der Waals surface area contributed by atoms with Crippen LogP contribution >= 0.6 is 11.6 Å². The van der Waals surface area contributed by atoms with Crippen LogP contribution in [0, 0.1) is 5.92 Å². The average molecular weight is 539 g/mol. The largest absolute Gasteiger partial charge is 0.486 e. The van der Waals surface area contributed by atoms with Crippen LogP contribution in [0.15, 0.2) is 60.2 Å². The molecule has 2 aliphatic carbocycles. The molecule has 38 heavy (non-hydrogen) atoms. The number of hydrogen-bond donors (Lipinski definition) is 3. The van der Waals surface area contributed by atoms with Gasteiger partial charge in [-0.25, -0.2) is 0 Å². The van der Waals surface area contributed by atoms with Gasteiger partial charge >= 0.3 is 0 Å². The highest BCUT2D eigenvalue weighted by molar-refractivity contribution is 6.30. The SMILES string of the molecule is O=C(NCCO)C1=C[C@@H](N(Cc2ccc(Cl)cc2)C(=O)CCC2CCCC2)[C@H](O)[C@H]2Oc3ccccc3[C@@H]12. The lowest BCUT2D eigenvalue weighted by Crippen LogP contribution is -2.55. The summed E-state index contributed by atoms with van der Waals surface area (Å²) in [6.45, 7) is 0.196. The van der Waals surface area contributed by atoms with Gasteiger partial charge in [0, 0.05) is 35.7 Å². The molecule has 202 valence electrons. The number of aliphatic hydroxyl groups is 2. The van der Waals surface area contributed by atoms with E-state index in [1.165, 1.54) is 12.8 Å². The van der Waals surface area contributed by atoms with E-state index in [4.69, 9.17) is 16.3 Å². The summed E-state index contributed by atoms with van der Waals surface area (Å²) in [4.78, 5) is 28.7. The van der Waals surface area contributed by atoms with Crippen molar-refractivity contribution < 1.29 is 24.5 Å². The minimum atomic E-state index is -1.04. The molecule has 7 nitrogen and oxygen atoms in total. The first kappa shape index (κ1) is 26.7. The summed E-state index contributed by atoms with van der Waals surface area (Å²) in [6.07, 6.45) is 5.92. The number of carbonyl (C=O) groups is 2. The van der Waals surface area contributed by atoms with E-state index in [-0.39, 0.29) is 31.5 Å². The molecule has 0 unspecified atom stereocenters. The van der Waals surface area contributed by atoms with Gasteiger partial charge in [-0.2, -0.15) is 0 Å². The van der Waals surface area contributed by atoms with Gasteiger partial charge in [0.05, 0.1) is 18.6 Å². The van der Waals surface area contributed by atoms with E-state index in [2.05, 4.69) is 5.32 Å². The molecule has 0 spiro atoms. The van der Waals surface area contributed by atoms with Crippen molar-refractivity contribution in [2.75, 3.05) is 13.2 Å². The standard InChI is InChI=1S/C30H35ClN2O5/c31-21-12-9-20(10-13-21)18-33(26(35)14-11-19-5-1-2-6-19)24-17-23(30(37)32-15-16-34)27-22-7-3-4-8-25(22)38-29(27)28(24)36/h3-4,7-10,12-13,17,19,24,27-29,34,36H,1-2,5-6,11,14-16,18H2,(H,32,37)/t24-,27+,28+,29+/m1/s1. The molecule has 0 aromatic heterocycles. The third kappa shape index (κ3) is 5.60. The Morgan fingerprint density at radius 1 is 1.08 bits per heavy atom. The molecule has 2 amide bonds. The Bertz CT molecular complexity index is 1180. The number of benzene rings is 2. The number of ether oxygens (including phenoxy) is 1. The lowest BCUT2D eigenvalue weighted by Gasteiger charge is -2.41. The Morgan fingerprint density at radius 2 is 1.82 bits per heavy atom. The zero-order valence-corrected chi connectivity index (χ0v) is 22.1. The van der Waals surface area contributed by atoms with Crippen molar-refractivity contribution in [3.8, 4) is 5.75 Å². The molecule has 3 N–H and O–H groups in total. The summed E-state index contributed by atoms with van der Waals surface area (Å²) in [6, 6.07) is 14.0. The molecule has 1 fully saturated rings. The van der Waals surface area contributed by atoms with Crippen molar-refractivity contribution in [2.24, 2.45) is 5.92 Å². The molecular formula is C30H35ClN2O5. The maximum atomic E-state index is 13.8. The van der Waals surface area contributed by atoms with Crippen molar-refractivity contribution in [3.05, 3.63) is 76.3 Å². The molecule has 1 saturated carbocycles. The van der Waals surface area contributed by atoms with Gasteiger partial charge in [0.25, 0.3) is 0 Å². The van der Waals surface area contributed by atoms with Crippen molar-refractivity contribution in [1.29, 1.82) is 0 Å². The van der Waals surface area contributed by atoms with Crippen LogP contribution in [0.4, 0.5) is 0 Å². The first-order valence-electron chi connectivity index (χ1n) is 13.5. The van der Waals surface area contributed by atoms with Crippen molar-refractivity contribution in [3.63, 3.8) is 0 Å². The Hall–Kier alpha value is -2.87. The Balaban J connectivity index is 1.49. The molecule has 4 atom stereocenters. The lowest BCUT2D eigenvalue weighted by atomic mass is 9.77. The predicted molar refractivity (Wildman–Crippen MR) is 145 cm³/mol. The fourth-order valence-corrected chi connectivity index (χ4v) is 6.23. The second-order valence-corrected chi connectivity index (χ2v) is 11.0. The predicted octanol–water partition coefficient (Wildman–Crippen LogP) is 3.96. The number of aliphatic hydroxyl groups excluding tert-OH is 2. The first-order chi connectivity index (χ1) is 18.5. The number of halogens is 1. The summed E-state index contributed by atoms with van der Waals surface area (Å²) in [5.74, 6) is 0.314. The summed E-state index contributed by atoms with van der Waals surface area (Å²) < 4.78 is 6.20. The minimum Gasteiger partial charge on any atom is -0.486 e. The van der Waals surface area contributed by atoms with E-state index in [0.717, 1.165) is 30.4 Å². The van der Waals surface area contributed by atoms with Gasteiger partial charge < -0.3 is 25.2 Å². The van der Waals surface area contributed by atoms with E-state index < -0.39 is 24.2 Å². The molecule has 2 aromatic carbocycles. The number of nitrogens with one attached hydrogen (secondary N) is 1. The summed E-state index contributed by atoms with van der Waals surface area (Å²) in [5.41, 5.74) is 2.15. The van der Waals surface area contributed by atoms with Gasteiger partial charge in [-0.15, -0.1) is 0 Å². The van der Waals surface area contributed by atoms with E-state index in [9.17, 15) is 19.8 Å². The fraction of sp³-hybridized carbons (Fsp3) is 0.467. The molecule has 0 radical (unpaired) electrons.